The maximum atomic E-state index is 11.7. The van der Waals surface area contributed by atoms with Crippen LogP contribution in [0.15, 0.2) is 0 Å². The van der Waals surface area contributed by atoms with E-state index < -0.39 is 0 Å². The van der Waals surface area contributed by atoms with Gasteiger partial charge in [-0.25, -0.2) is 0 Å². The van der Waals surface area contributed by atoms with Crippen molar-refractivity contribution in [3.05, 3.63) is 0 Å². The molecule has 98 valence electrons. The Morgan fingerprint density at radius 2 is 2.06 bits per heavy atom. The molecule has 3 N–H and O–H groups in total. The Balaban J connectivity index is 2.27. The molecule has 0 saturated carbocycles. The number of piperidine rings is 1. The second kappa shape index (κ2) is 6.96. The monoisotopic (exact) mass is 305 g/mol. The van der Waals surface area contributed by atoms with E-state index in [2.05, 4.69) is 21.2 Å². The first-order valence-corrected chi connectivity index (χ1v) is 6.89. The summed E-state index contributed by atoms with van der Waals surface area (Å²) >= 11 is 3.33. The molecule has 1 saturated heterocycles. The molecule has 1 aliphatic heterocycles. The molecular weight excluding hydrogens is 286 g/mol. The first-order chi connectivity index (χ1) is 8.02. The number of rotatable bonds is 5. The third kappa shape index (κ3) is 5.04. The third-order valence-corrected chi connectivity index (χ3v) is 4.02. The van der Waals surface area contributed by atoms with Crippen molar-refractivity contribution >= 4 is 27.7 Å². The Hall–Kier alpha value is -0.620. The highest BCUT2D eigenvalue weighted by atomic mass is 79.9. The number of halogens is 1. The van der Waals surface area contributed by atoms with Gasteiger partial charge in [-0.1, -0.05) is 22.9 Å². The van der Waals surface area contributed by atoms with Crippen LogP contribution in [0.1, 0.15) is 26.2 Å². The first-order valence-electron chi connectivity index (χ1n) is 5.98. The second-order valence-corrected chi connectivity index (χ2v) is 5.51. The van der Waals surface area contributed by atoms with Crippen LogP contribution in [-0.2, 0) is 9.59 Å². The van der Waals surface area contributed by atoms with Crippen LogP contribution in [0.4, 0.5) is 0 Å². The van der Waals surface area contributed by atoms with Crippen molar-refractivity contribution in [2.24, 2.45) is 5.73 Å². The lowest BCUT2D eigenvalue weighted by atomic mass is 10.0. The van der Waals surface area contributed by atoms with Crippen LogP contribution in [-0.4, -0.2) is 47.2 Å². The quantitative estimate of drug-likeness (QED) is 0.714. The van der Waals surface area contributed by atoms with Crippen molar-refractivity contribution in [3.63, 3.8) is 0 Å². The zero-order chi connectivity index (χ0) is 12.8. The van der Waals surface area contributed by atoms with Crippen molar-refractivity contribution in [3.8, 4) is 0 Å². The fourth-order valence-corrected chi connectivity index (χ4v) is 2.06. The number of hydrogen-bond donors (Lipinski definition) is 2. The predicted molar refractivity (Wildman–Crippen MR) is 69.8 cm³/mol. The van der Waals surface area contributed by atoms with Gasteiger partial charge in [0.15, 0.2) is 0 Å². The van der Waals surface area contributed by atoms with Gasteiger partial charge < -0.3 is 11.1 Å². The van der Waals surface area contributed by atoms with Crippen molar-refractivity contribution < 1.29 is 9.59 Å². The van der Waals surface area contributed by atoms with Gasteiger partial charge in [0.1, 0.15) is 0 Å². The highest BCUT2D eigenvalue weighted by Gasteiger charge is 2.23. The van der Waals surface area contributed by atoms with Crippen LogP contribution >= 0.6 is 15.9 Å². The van der Waals surface area contributed by atoms with Gasteiger partial charge in [-0.2, -0.15) is 0 Å². The minimum atomic E-state index is -0.293. The van der Waals surface area contributed by atoms with E-state index in [1.807, 2.05) is 11.8 Å². The lowest BCUT2D eigenvalue weighted by molar-refractivity contribution is -0.122. The summed E-state index contributed by atoms with van der Waals surface area (Å²) in [7, 11) is 0. The lowest BCUT2D eigenvalue weighted by Crippen LogP contribution is -2.48. The molecule has 0 bridgehead atoms. The summed E-state index contributed by atoms with van der Waals surface area (Å²) in [6.07, 6.45) is 2.54. The minimum Gasteiger partial charge on any atom is -0.369 e. The minimum absolute atomic E-state index is 0.0563. The van der Waals surface area contributed by atoms with E-state index >= 15 is 0 Å². The Morgan fingerprint density at radius 3 is 2.53 bits per heavy atom. The number of nitrogens with zero attached hydrogens (tertiary/aromatic N) is 1. The summed E-state index contributed by atoms with van der Waals surface area (Å²) in [5.74, 6) is -0.236. The Kier molecular flexibility index (Phi) is 5.91. The second-order valence-electron chi connectivity index (χ2n) is 4.40. The smallest absolute Gasteiger partial charge is 0.233 e. The molecule has 0 radical (unpaired) electrons. The molecular formula is C11H20BrN3O2. The number of nitrogens with two attached hydrogens (primary N) is 1. The molecule has 0 spiro atoms. The van der Waals surface area contributed by atoms with E-state index in [9.17, 15) is 9.59 Å². The highest BCUT2D eigenvalue weighted by Crippen LogP contribution is 2.11. The molecule has 1 atom stereocenters. The largest absolute Gasteiger partial charge is 0.369 e. The number of hydrogen-bond acceptors (Lipinski definition) is 3. The molecule has 5 nitrogen and oxygen atoms in total. The van der Waals surface area contributed by atoms with Crippen molar-refractivity contribution in [2.75, 3.05) is 19.6 Å². The summed E-state index contributed by atoms with van der Waals surface area (Å²) in [5.41, 5.74) is 5.14. The van der Waals surface area contributed by atoms with Crippen LogP contribution in [0.3, 0.4) is 0 Å². The number of amides is 2. The molecule has 17 heavy (non-hydrogen) atoms. The van der Waals surface area contributed by atoms with E-state index in [-0.39, 0.29) is 22.7 Å². The van der Waals surface area contributed by atoms with E-state index in [4.69, 9.17) is 5.73 Å². The molecule has 1 unspecified atom stereocenters. The maximum Gasteiger partial charge on any atom is 0.233 e. The Bertz CT molecular complexity index is 278. The average molecular weight is 306 g/mol. The molecule has 0 aliphatic carbocycles. The molecule has 1 rings (SSSR count). The summed E-state index contributed by atoms with van der Waals surface area (Å²) in [6, 6.07) is 0.221. The van der Waals surface area contributed by atoms with Crippen LogP contribution < -0.4 is 11.1 Å². The van der Waals surface area contributed by atoms with Crippen molar-refractivity contribution in [1.29, 1.82) is 0 Å². The average Bonchev–Trinajstić information content (AvgIpc) is 2.30. The molecule has 0 aromatic heterocycles. The Morgan fingerprint density at radius 1 is 1.47 bits per heavy atom. The first kappa shape index (κ1) is 14.4. The van der Waals surface area contributed by atoms with E-state index in [1.54, 1.807) is 0 Å². The fraction of sp³-hybridized carbons (Fsp3) is 0.818. The van der Waals surface area contributed by atoms with Gasteiger partial charge in [0, 0.05) is 19.1 Å². The summed E-state index contributed by atoms with van der Waals surface area (Å²) in [4.78, 5) is 24.3. The van der Waals surface area contributed by atoms with Crippen LogP contribution in [0.25, 0.3) is 0 Å². The van der Waals surface area contributed by atoms with Crippen LogP contribution in [0, 0.1) is 0 Å². The Labute approximate surface area is 110 Å². The van der Waals surface area contributed by atoms with Gasteiger partial charge in [0.05, 0.1) is 11.4 Å². The molecule has 1 heterocycles. The van der Waals surface area contributed by atoms with Gasteiger partial charge in [0.2, 0.25) is 11.8 Å². The van der Waals surface area contributed by atoms with Crippen LogP contribution in [0.5, 0.6) is 0 Å². The summed E-state index contributed by atoms with van der Waals surface area (Å²) in [5, 5.41) is 3.01. The molecule has 0 aromatic rings. The van der Waals surface area contributed by atoms with Gasteiger partial charge >= 0.3 is 0 Å². The molecule has 0 aromatic carbocycles. The maximum absolute atomic E-state index is 11.7. The van der Waals surface area contributed by atoms with Crippen molar-refractivity contribution in [2.45, 2.75) is 37.1 Å². The molecule has 2 amide bonds. The van der Waals surface area contributed by atoms with E-state index in [1.165, 1.54) is 0 Å². The predicted octanol–water partition coefficient (Wildman–Crippen LogP) is 0.226. The normalized spacial score (nSPS) is 19.9. The fourth-order valence-electron chi connectivity index (χ4n) is 1.93. The van der Waals surface area contributed by atoms with Gasteiger partial charge in [-0.15, -0.1) is 0 Å². The van der Waals surface area contributed by atoms with E-state index in [0.29, 0.717) is 6.54 Å². The number of carbonyl (C=O) groups is 2. The van der Waals surface area contributed by atoms with Gasteiger partial charge in [0.25, 0.3) is 0 Å². The highest BCUT2D eigenvalue weighted by molar-refractivity contribution is 9.10. The lowest BCUT2D eigenvalue weighted by Gasteiger charge is -2.31. The summed E-state index contributed by atoms with van der Waals surface area (Å²) < 4.78 is 0. The van der Waals surface area contributed by atoms with E-state index in [0.717, 1.165) is 32.4 Å². The number of alkyl halides is 1. The topological polar surface area (TPSA) is 75.4 Å². The zero-order valence-corrected chi connectivity index (χ0v) is 11.7. The number of primary amides is 1. The van der Waals surface area contributed by atoms with Crippen molar-refractivity contribution in [1.82, 2.24) is 10.2 Å². The van der Waals surface area contributed by atoms with Crippen LogP contribution in [0.2, 0.25) is 0 Å². The van der Waals surface area contributed by atoms with Gasteiger partial charge in [-0.05, 0) is 19.3 Å². The SMILES string of the molecule is CCC(Br)C(=O)NC1CCN(CC(N)=O)CC1. The molecule has 1 aliphatic rings. The number of likely N-dealkylation sites (tertiary alicyclic amines) is 1. The third-order valence-electron chi connectivity index (χ3n) is 2.96. The molecule has 6 heteroatoms. The number of nitrogens with one attached hydrogen (secondary N) is 1. The molecule has 1 fully saturated rings. The van der Waals surface area contributed by atoms with Gasteiger partial charge in [-0.3, -0.25) is 14.5 Å². The number of carbonyl (C=O) groups excluding carboxylic acids is 2. The summed E-state index contributed by atoms with van der Waals surface area (Å²) in [6.45, 7) is 3.91. The standard InChI is InChI=1S/C11H20BrN3O2/c1-2-9(12)11(17)14-8-3-5-15(6-4-8)7-10(13)16/h8-9H,2-7H2,1H3,(H2,13,16)(H,14,17). The zero-order valence-electron chi connectivity index (χ0n) is 10.1.